The summed E-state index contributed by atoms with van der Waals surface area (Å²) in [7, 11) is 0. The first-order valence-corrected chi connectivity index (χ1v) is 10.9. The van der Waals surface area contributed by atoms with E-state index in [1.807, 2.05) is 0 Å². The van der Waals surface area contributed by atoms with Crippen LogP contribution < -0.4 is 10.6 Å². The molecule has 5 nitrogen and oxygen atoms in total. The van der Waals surface area contributed by atoms with Crippen LogP contribution in [0.2, 0.25) is 15.1 Å². The molecule has 10 heteroatoms. The summed E-state index contributed by atoms with van der Waals surface area (Å²) in [6.45, 7) is 0.924. The number of carbonyl (C=O) groups is 2. The molecule has 4 rings (SSSR count). The van der Waals surface area contributed by atoms with Crippen LogP contribution >= 0.6 is 58.0 Å². The van der Waals surface area contributed by atoms with Crippen LogP contribution in [0.5, 0.6) is 0 Å². The molecule has 1 aliphatic carbocycles. The maximum absolute atomic E-state index is 12.8. The highest BCUT2D eigenvalue weighted by atomic mass is 35.5. The van der Waals surface area contributed by atoms with E-state index < -0.39 is 16.2 Å². The van der Waals surface area contributed by atoms with Gasteiger partial charge in [-0.3, -0.25) is 9.59 Å². The van der Waals surface area contributed by atoms with Crippen LogP contribution in [0.4, 0.5) is 5.69 Å². The second-order valence-electron chi connectivity index (χ2n) is 7.22. The Hall–Kier alpha value is -1.21. The molecular formula is C20H15Cl5N2O3. The minimum Gasteiger partial charge on any atom is -0.377 e. The number of benzene rings is 2. The lowest BCUT2D eigenvalue weighted by Crippen LogP contribution is -2.48. The molecule has 2 aliphatic rings. The number of alkyl halides is 2. The van der Waals surface area contributed by atoms with Crippen LogP contribution in [-0.4, -0.2) is 35.4 Å². The predicted octanol–water partition coefficient (Wildman–Crippen LogP) is 5.30. The van der Waals surface area contributed by atoms with Gasteiger partial charge in [0.25, 0.3) is 5.91 Å². The van der Waals surface area contributed by atoms with Crippen molar-refractivity contribution in [2.24, 2.45) is 5.92 Å². The van der Waals surface area contributed by atoms with Gasteiger partial charge in [-0.25, -0.2) is 0 Å². The van der Waals surface area contributed by atoms with Crippen LogP contribution in [-0.2, 0) is 9.53 Å². The summed E-state index contributed by atoms with van der Waals surface area (Å²) in [6.07, 6.45) is 0. The van der Waals surface area contributed by atoms with Gasteiger partial charge >= 0.3 is 0 Å². The quantitative estimate of drug-likeness (QED) is 0.539. The smallest absolute Gasteiger partial charge is 0.253 e. The maximum atomic E-state index is 12.8. The zero-order valence-corrected chi connectivity index (χ0v) is 19.0. The Morgan fingerprint density at radius 3 is 2.27 bits per heavy atom. The zero-order valence-electron chi connectivity index (χ0n) is 15.2. The van der Waals surface area contributed by atoms with Gasteiger partial charge in [-0.1, -0.05) is 34.8 Å². The maximum Gasteiger partial charge on any atom is 0.253 e. The third kappa shape index (κ3) is 4.38. The Balaban J connectivity index is 1.49. The van der Waals surface area contributed by atoms with Crippen molar-refractivity contribution in [3.8, 4) is 0 Å². The first-order valence-electron chi connectivity index (χ1n) is 8.99. The van der Waals surface area contributed by atoms with Crippen molar-refractivity contribution in [2.45, 2.75) is 16.3 Å². The fraction of sp³-hybridized carbons (Fsp3) is 0.300. The molecule has 1 heterocycles. The van der Waals surface area contributed by atoms with E-state index in [-0.39, 0.29) is 28.4 Å². The number of nitrogens with one attached hydrogen (secondary N) is 2. The molecule has 0 spiro atoms. The second-order valence-corrected chi connectivity index (χ2v) is 9.95. The van der Waals surface area contributed by atoms with Crippen LogP contribution in [0.15, 0.2) is 36.4 Å². The average Bonchev–Trinajstić information content (AvgIpc) is 3.21. The SMILES string of the molecule is O=C(NC1COC1)c1cc(NC(=O)C2C(c3cc(Cl)cc(Cl)c3)C2(Cl)Cl)ccc1Cl. The summed E-state index contributed by atoms with van der Waals surface area (Å²) in [6, 6.07) is 9.55. The molecule has 2 amide bonds. The van der Waals surface area contributed by atoms with Crippen LogP contribution in [0.25, 0.3) is 0 Å². The van der Waals surface area contributed by atoms with E-state index in [1.165, 1.54) is 6.07 Å². The van der Waals surface area contributed by atoms with Crippen LogP contribution in [0, 0.1) is 5.92 Å². The minimum atomic E-state index is -1.30. The van der Waals surface area contributed by atoms with Gasteiger partial charge in [0.1, 0.15) is 4.33 Å². The van der Waals surface area contributed by atoms with Gasteiger partial charge in [0, 0.05) is 21.7 Å². The Kier molecular flexibility index (Phi) is 6.14. The van der Waals surface area contributed by atoms with Crippen molar-refractivity contribution in [3.63, 3.8) is 0 Å². The molecule has 1 saturated carbocycles. The van der Waals surface area contributed by atoms with Gasteiger partial charge in [0.2, 0.25) is 5.91 Å². The molecule has 2 unspecified atom stereocenters. The standard InChI is InChI=1S/C20H15Cl5N2O3/c21-10-3-9(4-11(22)5-10)16-17(20(16,24)25)19(29)26-12-1-2-15(23)14(6-12)18(28)27-13-7-30-8-13/h1-6,13,16-17H,7-8H2,(H,26,29)(H,27,28). The first kappa shape index (κ1) is 22.0. The third-order valence-electron chi connectivity index (χ3n) is 5.03. The van der Waals surface area contributed by atoms with E-state index in [2.05, 4.69) is 10.6 Å². The third-order valence-corrected chi connectivity index (χ3v) is 6.74. The lowest BCUT2D eigenvalue weighted by Gasteiger charge is -2.27. The Morgan fingerprint density at radius 1 is 1.00 bits per heavy atom. The molecule has 0 radical (unpaired) electrons. The van der Waals surface area contributed by atoms with Crippen molar-refractivity contribution in [1.82, 2.24) is 5.32 Å². The molecule has 30 heavy (non-hydrogen) atoms. The summed E-state index contributed by atoms with van der Waals surface area (Å²) >= 11 is 31.0. The summed E-state index contributed by atoms with van der Waals surface area (Å²) in [5, 5.41) is 6.70. The summed E-state index contributed by atoms with van der Waals surface area (Å²) in [4.78, 5) is 25.3. The van der Waals surface area contributed by atoms with E-state index in [0.29, 0.717) is 34.5 Å². The predicted molar refractivity (Wildman–Crippen MR) is 119 cm³/mol. The van der Waals surface area contributed by atoms with E-state index >= 15 is 0 Å². The van der Waals surface area contributed by atoms with Crippen molar-refractivity contribution in [2.75, 3.05) is 18.5 Å². The molecular weight excluding hydrogens is 493 g/mol. The van der Waals surface area contributed by atoms with Crippen LogP contribution in [0.1, 0.15) is 21.8 Å². The number of ether oxygens (including phenoxy) is 1. The number of hydrogen-bond acceptors (Lipinski definition) is 3. The van der Waals surface area contributed by atoms with E-state index in [0.717, 1.165) is 0 Å². The topological polar surface area (TPSA) is 67.4 Å². The van der Waals surface area contributed by atoms with Crippen molar-refractivity contribution < 1.29 is 14.3 Å². The van der Waals surface area contributed by atoms with Gasteiger partial charge in [-0.05, 0) is 42.0 Å². The van der Waals surface area contributed by atoms with Crippen molar-refractivity contribution in [3.05, 3.63) is 62.6 Å². The van der Waals surface area contributed by atoms with Gasteiger partial charge in [0.15, 0.2) is 0 Å². The number of halogens is 5. The molecule has 1 saturated heterocycles. The zero-order chi connectivity index (χ0) is 21.6. The van der Waals surface area contributed by atoms with Gasteiger partial charge in [-0.2, -0.15) is 0 Å². The Labute approximate surface area is 197 Å². The highest BCUT2D eigenvalue weighted by Crippen LogP contribution is 2.65. The van der Waals surface area contributed by atoms with Gasteiger partial charge < -0.3 is 15.4 Å². The highest BCUT2D eigenvalue weighted by molar-refractivity contribution is 6.53. The Bertz CT molecular complexity index is 1010. The largest absolute Gasteiger partial charge is 0.377 e. The van der Waals surface area contributed by atoms with Crippen LogP contribution in [0.3, 0.4) is 0 Å². The normalized spacial score (nSPS) is 22.2. The molecule has 2 aromatic rings. The van der Waals surface area contributed by atoms with Gasteiger partial charge in [-0.15, -0.1) is 23.2 Å². The number of carbonyl (C=O) groups excluding carboxylic acids is 2. The Morgan fingerprint density at radius 2 is 1.67 bits per heavy atom. The first-order chi connectivity index (χ1) is 14.2. The molecule has 158 valence electrons. The summed E-state index contributed by atoms with van der Waals surface area (Å²) in [5.74, 6) is -1.91. The monoisotopic (exact) mass is 506 g/mol. The fourth-order valence-electron chi connectivity index (χ4n) is 3.40. The summed E-state index contributed by atoms with van der Waals surface area (Å²) < 4.78 is 3.75. The molecule has 2 N–H and O–H groups in total. The molecule has 0 aromatic heterocycles. The van der Waals surface area contributed by atoms with Crippen molar-refractivity contribution >= 4 is 75.5 Å². The minimum absolute atomic E-state index is 0.0448. The van der Waals surface area contributed by atoms with Crippen molar-refractivity contribution in [1.29, 1.82) is 0 Å². The van der Waals surface area contributed by atoms with Gasteiger partial charge in [0.05, 0.1) is 35.8 Å². The molecule has 0 bridgehead atoms. The van der Waals surface area contributed by atoms with E-state index in [4.69, 9.17) is 62.7 Å². The lowest BCUT2D eigenvalue weighted by molar-refractivity contribution is -0.117. The summed E-state index contributed by atoms with van der Waals surface area (Å²) in [5.41, 5.74) is 1.33. The number of rotatable bonds is 5. The number of amides is 2. The molecule has 2 atom stereocenters. The molecule has 2 fully saturated rings. The number of anilines is 1. The molecule has 1 aliphatic heterocycles. The lowest BCUT2D eigenvalue weighted by atomic mass is 10.1. The van der Waals surface area contributed by atoms with E-state index in [9.17, 15) is 9.59 Å². The molecule has 2 aromatic carbocycles. The highest BCUT2D eigenvalue weighted by Gasteiger charge is 2.67. The average molecular weight is 509 g/mol. The number of hydrogen-bond donors (Lipinski definition) is 2. The second kappa shape index (κ2) is 8.38. The fourth-order valence-corrected chi connectivity index (χ4v) is 4.98. The van der Waals surface area contributed by atoms with E-state index in [1.54, 1.807) is 30.3 Å².